The Morgan fingerprint density at radius 2 is 1.56 bits per heavy atom. The number of hydrogen-bond donors (Lipinski definition) is 2. The monoisotopic (exact) mass is 338 g/mol. The van der Waals surface area contributed by atoms with Crippen molar-refractivity contribution in [1.29, 1.82) is 0 Å². The van der Waals surface area contributed by atoms with E-state index in [0.29, 0.717) is 17.5 Å². The number of carbonyl (C=O) groups excluding carboxylic acids is 1. The van der Waals surface area contributed by atoms with E-state index in [1.807, 2.05) is 24.3 Å². The number of benzene rings is 2. The summed E-state index contributed by atoms with van der Waals surface area (Å²) in [5.74, 6) is 0.453. The van der Waals surface area contributed by atoms with Crippen LogP contribution in [0.4, 0.5) is 0 Å². The van der Waals surface area contributed by atoms with Crippen molar-refractivity contribution in [1.82, 2.24) is 10.6 Å². The first-order valence-corrected chi connectivity index (χ1v) is 9.18. The van der Waals surface area contributed by atoms with Gasteiger partial charge in [0.15, 0.2) is 0 Å². The summed E-state index contributed by atoms with van der Waals surface area (Å²) in [4.78, 5) is 11.6. The van der Waals surface area contributed by atoms with Gasteiger partial charge in [0.1, 0.15) is 0 Å². The van der Waals surface area contributed by atoms with Crippen LogP contribution in [0.5, 0.6) is 0 Å². The largest absolute Gasteiger partial charge is 0.355 e. The van der Waals surface area contributed by atoms with Crippen molar-refractivity contribution in [2.75, 3.05) is 7.05 Å². The minimum Gasteiger partial charge on any atom is -0.355 e. The van der Waals surface area contributed by atoms with Crippen molar-refractivity contribution in [3.8, 4) is 0 Å². The molecule has 2 rings (SSSR count). The number of rotatable bonds is 8. The maximum atomic E-state index is 11.6. The Balaban J connectivity index is 2.03. The fraction of sp³-hybridized carbons (Fsp3) is 0.409. The molecule has 1 atom stereocenters. The summed E-state index contributed by atoms with van der Waals surface area (Å²) in [6.07, 6.45) is 2.31. The lowest BCUT2D eigenvalue weighted by Gasteiger charge is -2.23. The highest BCUT2D eigenvalue weighted by molar-refractivity contribution is 5.93. The van der Waals surface area contributed by atoms with Crippen LogP contribution in [0.1, 0.15) is 60.3 Å². The molecule has 25 heavy (non-hydrogen) atoms. The minimum atomic E-state index is -0.0493. The standard InChI is InChI=1S/C22H30N2O/c1-5-6-17-7-11-19(12-8-17)21(16(2)3)24-15-18-9-13-20(14-10-18)22(25)23-4/h7-14,16,21,24H,5-6,15H2,1-4H3,(H,23,25). The molecule has 0 saturated carbocycles. The second kappa shape index (κ2) is 9.38. The van der Waals surface area contributed by atoms with Gasteiger partial charge in [-0.25, -0.2) is 0 Å². The van der Waals surface area contributed by atoms with Crippen LogP contribution in [0.3, 0.4) is 0 Å². The van der Waals surface area contributed by atoms with E-state index in [0.717, 1.165) is 13.0 Å². The van der Waals surface area contributed by atoms with Crippen LogP contribution >= 0.6 is 0 Å². The molecule has 3 nitrogen and oxygen atoms in total. The molecule has 0 bridgehead atoms. The fourth-order valence-corrected chi connectivity index (χ4v) is 3.06. The van der Waals surface area contributed by atoms with Gasteiger partial charge in [-0.15, -0.1) is 0 Å². The van der Waals surface area contributed by atoms with Crippen molar-refractivity contribution in [2.45, 2.75) is 46.2 Å². The van der Waals surface area contributed by atoms with Crippen LogP contribution < -0.4 is 10.6 Å². The van der Waals surface area contributed by atoms with Crippen molar-refractivity contribution >= 4 is 5.91 Å². The quantitative estimate of drug-likeness (QED) is 0.745. The molecule has 0 fully saturated rings. The predicted molar refractivity (Wildman–Crippen MR) is 105 cm³/mol. The molecule has 1 unspecified atom stereocenters. The van der Waals surface area contributed by atoms with Gasteiger partial charge in [0.05, 0.1) is 0 Å². The third-order valence-corrected chi connectivity index (χ3v) is 4.51. The fourth-order valence-electron chi connectivity index (χ4n) is 3.06. The highest BCUT2D eigenvalue weighted by Gasteiger charge is 2.15. The molecular weight excluding hydrogens is 308 g/mol. The summed E-state index contributed by atoms with van der Waals surface area (Å²) in [6.45, 7) is 7.48. The first kappa shape index (κ1) is 19.2. The Bertz CT molecular complexity index is 659. The average Bonchev–Trinajstić information content (AvgIpc) is 2.63. The van der Waals surface area contributed by atoms with Gasteiger partial charge in [0.2, 0.25) is 0 Å². The third kappa shape index (κ3) is 5.43. The lowest BCUT2D eigenvalue weighted by molar-refractivity contribution is 0.0963. The number of hydrogen-bond acceptors (Lipinski definition) is 2. The maximum Gasteiger partial charge on any atom is 0.251 e. The zero-order chi connectivity index (χ0) is 18.2. The Morgan fingerprint density at radius 1 is 0.960 bits per heavy atom. The summed E-state index contributed by atoms with van der Waals surface area (Å²) in [5, 5.41) is 6.31. The Morgan fingerprint density at radius 3 is 2.08 bits per heavy atom. The van der Waals surface area contributed by atoms with Crippen molar-refractivity contribution in [3.63, 3.8) is 0 Å². The Hall–Kier alpha value is -2.13. The molecule has 0 aromatic heterocycles. The van der Waals surface area contributed by atoms with Crippen LogP contribution in [0.15, 0.2) is 48.5 Å². The van der Waals surface area contributed by atoms with Gasteiger partial charge in [0.25, 0.3) is 5.91 Å². The first-order chi connectivity index (χ1) is 12.0. The number of amides is 1. The van der Waals surface area contributed by atoms with Crippen LogP contribution in [-0.4, -0.2) is 13.0 Å². The van der Waals surface area contributed by atoms with Crippen LogP contribution in [0.25, 0.3) is 0 Å². The molecule has 2 N–H and O–H groups in total. The van der Waals surface area contributed by atoms with E-state index in [-0.39, 0.29) is 5.91 Å². The lowest BCUT2D eigenvalue weighted by atomic mass is 9.94. The Labute approximate surface area is 151 Å². The highest BCUT2D eigenvalue weighted by Crippen LogP contribution is 2.23. The molecule has 2 aromatic carbocycles. The molecule has 0 spiro atoms. The molecule has 0 heterocycles. The summed E-state index contributed by atoms with van der Waals surface area (Å²) >= 11 is 0. The van der Waals surface area contributed by atoms with Gasteiger partial charge in [0, 0.05) is 25.2 Å². The van der Waals surface area contributed by atoms with E-state index < -0.39 is 0 Å². The minimum absolute atomic E-state index is 0.0493. The molecule has 134 valence electrons. The van der Waals surface area contributed by atoms with Gasteiger partial charge < -0.3 is 10.6 Å². The highest BCUT2D eigenvalue weighted by atomic mass is 16.1. The van der Waals surface area contributed by atoms with E-state index in [1.54, 1.807) is 7.05 Å². The molecule has 3 heteroatoms. The van der Waals surface area contributed by atoms with E-state index >= 15 is 0 Å². The molecular formula is C22H30N2O. The summed E-state index contributed by atoms with van der Waals surface area (Å²) in [7, 11) is 1.65. The van der Waals surface area contributed by atoms with Gasteiger partial charge >= 0.3 is 0 Å². The molecule has 0 aliphatic heterocycles. The predicted octanol–water partition coefficient (Wildman–Crippen LogP) is 4.49. The van der Waals surface area contributed by atoms with Crippen LogP contribution in [-0.2, 0) is 13.0 Å². The van der Waals surface area contributed by atoms with Gasteiger partial charge in [-0.1, -0.05) is 63.6 Å². The number of aryl methyl sites for hydroxylation is 1. The smallest absolute Gasteiger partial charge is 0.251 e. The molecule has 0 aliphatic rings. The summed E-state index contributed by atoms with van der Waals surface area (Å²) in [5.41, 5.74) is 4.61. The zero-order valence-corrected chi connectivity index (χ0v) is 15.8. The van der Waals surface area contributed by atoms with Crippen LogP contribution in [0, 0.1) is 5.92 Å². The molecule has 2 aromatic rings. The topological polar surface area (TPSA) is 41.1 Å². The summed E-state index contributed by atoms with van der Waals surface area (Å²) in [6, 6.07) is 17.1. The average molecular weight is 338 g/mol. The molecule has 0 radical (unpaired) electrons. The van der Waals surface area contributed by atoms with E-state index in [9.17, 15) is 4.79 Å². The van der Waals surface area contributed by atoms with E-state index in [2.05, 4.69) is 55.7 Å². The van der Waals surface area contributed by atoms with Crippen molar-refractivity contribution in [3.05, 3.63) is 70.8 Å². The van der Waals surface area contributed by atoms with Crippen molar-refractivity contribution < 1.29 is 4.79 Å². The van der Waals surface area contributed by atoms with E-state index in [1.165, 1.54) is 23.1 Å². The second-order valence-electron chi connectivity index (χ2n) is 6.87. The molecule has 0 aliphatic carbocycles. The SMILES string of the molecule is CCCc1ccc(C(NCc2ccc(C(=O)NC)cc2)C(C)C)cc1. The number of nitrogens with one attached hydrogen (secondary N) is 2. The third-order valence-electron chi connectivity index (χ3n) is 4.51. The van der Waals surface area contributed by atoms with Crippen LogP contribution in [0.2, 0.25) is 0 Å². The van der Waals surface area contributed by atoms with Gasteiger partial charge in [-0.2, -0.15) is 0 Å². The summed E-state index contributed by atoms with van der Waals surface area (Å²) < 4.78 is 0. The van der Waals surface area contributed by atoms with Crippen molar-refractivity contribution in [2.24, 2.45) is 5.92 Å². The maximum absolute atomic E-state index is 11.6. The second-order valence-corrected chi connectivity index (χ2v) is 6.87. The van der Waals surface area contributed by atoms with Gasteiger partial charge in [-0.05, 0) is 41.2 Å². The lowest BCUT2D eigenvalue weighted by Crippen LogP contribution is -2.25. The first-order valence-electron chi connectivity index (χ1n) is 9.18. The number of carbonyl (C=O) groups is 1. The molecule has 1 amide bonds. The zero-order valence-electron chi connectivity index (χ0n) is 15.8. The van der Waals surface area contributed by atoms with E-state index in [4.69, 9.17) is 0 Å². The Kier molecular flexibility index (Phi) is 7.20. The normalized spacial score (nSPS) is 12.2. The molecule has 0 saturated heterocycles. The van der Waals surface area contributed by atoms with Gasteiger partial charge in [-0.3, -0.25) is 4.79 Å².